The lowest BCUT2D eigenvalue weighted by molar-refractivity contribution is -0.130. The van der Waals surface area contributed by atoms with Gasteiger partial charge in [-0.05, 0) is 12.8 Å². The van der Waals surface area contributed by atoms with E-state index in [0.717, 1.165) is 25.7 Å². The second-order valence-electron chi connectivity index (χ2n) is 15.1. The number of epoxide rings is 1. The highest BCUT2D eigenvalue weighted by Crippen LogP contribution is 2.30. The van der Waals surface area contributed by atoms with Crippen LogP contribution in [0.5, 0.6) is 0 Å². The van der Waals surface area contributed by atoms with Gasteiger partial charge in [0.25, 0.3) is 0 Å². The summed E-state index contributed by atoms with van der Waals surface area (Å²) in [6, 6.07) is -0.408. The molecule has 0 aromatic heterocycles. The van der Waals surface area contributed by atoms with Crippen molar-refractivity contribution in [3.63, 3.8) is 0 Å². The van der Waals surface area contributed by atoms with Crippen LogP contribution >= 0.6 is 0 Å². The summed E-state index contributed by atoms with van der Waals surface area (Å²) in [4.78, 5) is 12.5. The van der Waals surface area contributed by atoms with Crippen LogP contribution in [0.4, 0.5) is 0 Å². The lowest BCUT2D eigenvalue weighted by atomic mass is 10.0. The summed E-state index contributed by atoms with van der Waals surface area (Å²) in [6.07, 6.45) is 43.5. The molecule has 1 amide bonds. The van der Waals surface area contributed by atoms with Crippen LogP contribution < -0.4 is 5.32 Å². The molecule has 5 heteroatoms. The Bertz CT molecular complexity index is 659. The Kier molecular flexibility index (Phi) is 31.9. The smallest absolute Gasteiger partial charge is 0.249 e. The molecule has 280 valence electrons. The molecule has 4 unspecified atom stereocenters. The third kappa shape index (κ3) is 27.8. The number of amides is 1. The number of hydrogen-bond acceptors (Lipinski definition) is 4. The van der Waals surface area contributed by atoms with Crippen LogP contribution in [-0.4, -0.2) is 47.1 Å². The van der Waals surface area contributed by atoms with E-state index in [4.69, 9.17) is 4.74 Å². The zero-order valence-corrected chi connectivity index (χ0v) is 31.8. The molecule has 0 aromatic rings. The van der Waals surface area contributed by atoms with Crippen molar-refractivity contribution >= 4 is 5.91 Å². The van der Waals surface area contributed by atoms with Crippen LogP contribution in [0, 0.1) is 0 Å². The van der Waals surface area contributed by atoms with Crippen LogP contribution in [0.1, 0.15) is 232 Å². The number of hydrogen-bond donors (Lipinski definition) is 3. The number of nitrogens with one attached hydrogen (secondary N) is 1. The van der Waals surface area contributed by atoms with Crippen molar-refractivity contribution < 1.29 is 19.7 Å². The zero-order valence-electron chi connectivity index (χ0n) is 31.8. The van der Waals surface area contributed by atoms with Crippen molar-refractivity contribution in [3.05, 3.63) is 0 Å². The van der Waals surface area contributed by atoms with Crippen molar-refractivity contribution in [1.82, 2.24) is 5.32 Å². The normalized spacial score (nSPS) is 17.2. The van der Waals surface area contributed by atoms with Crippen molar-refractivity contribution in [1.29, 1.82) is 0 Å². The Morgan fingerprint density at radius 3 is 1.19 bits per heavy atom. The first kappa shape index (κ1) is 44.4. The molecule has 1 aliphatic rings. The molecule has 47 heavy (non-hydrogen) atoms. The minimum atomic E-state index is -0.992. The van der Waals surface area contributed by atoms with Gasteiger partial charge in [-0.1, -0.05) is 219 Å². The Balaban J connectivity index is 1.87. The van der Waals surface area contributed by atoms with E-state index < -0.39 is 12.1 Å². The highest BCUT2D eigenvalue weighted by atomic mass is 16.6. The van der Waals surface area contributed by atoms with Gasteiger partial charge in [0.1, 0.15) is 12.2 Å². The summed E-state index contributed by atoms with van der Waals surface area (Å²) in [6.45, 7) is 4.42. The number of carbonyl (C=O) groups excluding carboxylic acids is 1. The minimum Gasteiger partial charge on any atom is -0.394 e. The third-order valence-corrected chi connectivity index (χ3v) is 10.5. The SMILES string of the molecule is CCCCCCCCCCCCCCCCCCCCCCC(O)C(=O)NC(CO)C1OC1CCCCCCCCCCCCCC. The van der Waals surface area contributed by atoms with Crippen LogP contribution in [0.2, 0.25) is 0 Å². The maximum atomic E-state index is 12.5. The largest absolute Gasteiger partial charge is 0.394 e. The number of ether oxygens (including phenoxy) is 1. The van der Waals surface area contributed by atoms with E-state index in [1.54, 1.807) is 0 Å². The predicted octanol–water partition coefficient (Wildman–Crippen LogP) is 11.9. The molecular weight excluding hydrogens is 582 g/mol. The van der Waals surface area contributed by atoms with Gasteiger partial charge in [-0.15, -0.1) is 0 Å². The molecule has 0 aliphatic carbocycles. The fourth-order valence-corrected chi connectivity index (χ4v) is 7.16. The molecule has 0 radical (unpaired) electrons. The van der Waals surface area contributed by atoms with Gasteiger partial charge in [-0.25, -0.2) is 0 Å². The predicted molar refractivity (Wildman–Crippen MR) is 202 cm³/mol. The summed E-state index contributed by atoms with van der Waals surface area (Å²) in [5.74, 6) is -0.360. The highest BCUT2D eigenvalue weighted by molar-refractivity contribution is 5.80. The van der Waals surface area contributed by atoms with E-state index in [2.05, 4.69) is 19.2 Å². The molecule has 1 rings (SSSR count). The van der Waals surface area contributed by atoms with E-state index in [-0.39, 0.29) is 24.7 Å². The molecule has 1 aliphatic heterocycles. The van der Waals surface area contributed by atoms with Crippen molar-refractivity contribution in [2.24, 2.45) is 0 Å². The second-order valence-corrected chi connectivity index (χ2v) is 15.1. The number of aliphatic hydroxyl groups excluding tert-OH is 2. The maximum absolute atomic E-state index is 12.5. The van der Waals surface area contributed by atoms with Crippen molar-refractivity contribution in [3.8, 4) is 0 Å². The Labute approximate surface area is 293 Å². The van der Waals surface area contributed by atoms with Gasteiger partial charge in [0.05, 0.1) is 18.8 Å². The molecule has 0 aromatic carbocycles. The average Bonchev–Trinajstić information content (AvgIpc) is 3.85. The molecule has 5 nitrogen and oxygen atoms in total. The maximum Gasteiger partial charge on any atom is 0.249 e. The van der Waals surface area contributed by atoms with E-state index >= 15 is 0 Å². The van der Waals surface area contributed by atoms with Gasteiger partial charge >= 0.3 is 0 Å². The minimum absolute atomic E-state index is 0.108. The van der Waals surface area contributed by atoms with Crippen molar-refractivity contribution in [2.75, 3.05) is 6.61 Å². The van der Waals surface area contributed by atoms with Crippen LogP contribution in [0.25, 0.3) is 0 Å². The fourth-order valence-electron chi connectivity index (χ4n) is 7.16. The molecule has 1 heterocycles. The molecule has 0 spiro atoms. The summed E-state index contributed by atoms with van der Waals surface area (Å²) < 4.78 is 5.80. The summed E-state index contributed by atoms with van der Waals surface area (Å²) in [5.41, 5.74) is 0. The van der Waals surface area contributed by atoms with E-state index in [1.165, 1.54) is 186 Å². The number of carbonyl (C=O) groups is 1. The van der Waals surface area contributed by atoms with Gasteiger partial charge in [0.2, 0.25) is 5.91 Å². The lowest BCUT2D eigenvalue weighted by Crippen LogP contribution is -2.46. The fraction of sp³-hybridized carbons (Fsp3) is 0.976. The van der Waals surface area contributed by atoms with E-state index in [9.17, 15) is 15.0 Å². The molecule has 0 bridgehead atoms. The van der Waals surface area contributed by atoms with E-state index in [1.807, 2.05) is 0 Å². The third-order valence-electron chi connectivity index (χ3n) is 10.5. The molecule has 0 saturated carbocycles. The molecule has 3 N–H and O–H groups in total. The number of unbranched alkanes of at least 4 members (excludes halogenated alkanes) is 30. The number of rotatable bonds is 38. The van der Waals surface area contributed by atoms with Crippen LogP contribution in [-0.2, 0) is 9.53 Å². The first-order valence-electron chi connectivity index (χ1n) is 21.4. The van der Waals surface area contributed by atoms with Crippen LogP contribution in [0.3, 0.4) is 0 Å². The van der Waals surface area contributed by atoms with Gasteiger partial charge in [-0.3, -0.25) is 4.79 Å². The molecule has 1 fully saturated rings. The number of aliphatic hydroxyl groups is 2. The van der Waals surface area contributed by atoms with Gasteiger partial charge in [-0.2, -0.15) is 0 Å². The topological polar surface area (TPSA) is 82.1 Å². The van der Waals surface area contributed by atoms with Crippen LogP contribution in [0.15, 0.2) is 0 Å². The monoisotopic (exact) mass is 666 g/mol. The van der Waals surface area contributed by atoms with Gasteiger partial charge < -0.3 is 20.3 Å². The first-order valence-corrected chi connectivity index (χ1v) is 21.4. The highest BCUT2D eigenvalue weighted by Gasteiger charge is 2.44. The Morgan fingerprint density at radius 1 is 0.532 bits per heavy atom. The van der Waals surface area contributed by atoms with E-state index in [0.29, 0.717) is 6.42 Å². The lowest BCUT2D eigenvalue weighted by Gasteiger charge is -2.17. The zero-order chi connectivity index (χ0) is 34.0. The Morgan fingerprint density at radius 2 is 0.851 bits per heavy atom. The standard InChI is InChI=1S/C42H83NO4/c1-3-5-7-9-11-13-15-17-18-19-20-21-22-23-24-25-27-29-31-33-35-39(45)42(46)43-38(37-44)41-40(47-41)36-34-32-30-28-26-16-14-12-10-8-6-4-2/h38-41,44-45H,3-37H2,1-2H3,(H,43,46). The molecule has 4 atom stereocenters. The molecular formula is C42H83NO4. The summed E-state index contributed by atoms with van der Waals surface area (Å²) >= 11 is 0. The van der Waals surface area contributed by atoms with Gasteiger partial charge in [0.15, 0.2) is 0 Å². The summed E-state index contributed by atoms with van der Waals surface area (Å²) in [7, 11) is 0. The first-order chi connectivity index (χ1) is 23.1. The van der Waals surface area contributed by atoms with Gasteiger partial charge in [0, 0.05) is 0 Å². The average molecular weight is 666 g/mol. The molecule has 1 saturated heterocycles. The quantitative estimate of drug-likeness (QED) is 0.0453. The second kappa shape index (κ2) is 33.8. The summed E-state index contributed by atoms with van der Waals surface area (Å²) in [5, 5.41) is 23.1. The Hall–Kier alpha value is -0.650. The van der Waals surface area contributed by atoms with Crippen molar-refractivity contribution in [2.45, 2.75) is 257 Å².